The van der Waals surface area contributed by atoms with Crippen molar-refractivity contribution in [3.8, 4) is 10.6 Å². The van der Waals surface area contributed by atoms with E-state index in [4.69, 9.17) is 0 Å². The molecule has 0 radical (unpaired) electrons. The number of thiophene rings is 1. The predicted octanol–water partition coefficient (Wildman–Crippen LogP) is 4.17. The minimum absolute atomic E-state index is 0.00142. The van der Waals surface area contributed by atoms with Crippen LogP contribution in [0.25, 0.3) is 10.6 Å². The van der Waals surface area contributed by atoms with E-state index in [1.54, 1.807) is 5.38 Å². The number of halogens is 3. The quantitative estimate of drug-likeness (QED) is 0.641. The van der Waals surface area contributed by atoms with Crippen LogP contribution in [0.4, 0.5) is 18.3 Å². The monoisotopic (exact) mass is 426 g/mol. The second kappa shape index (κ2) is 8.07. The van der Waals surface area contributed by atoms with Gasteiger partial charge in [0.15, 0.2) is 5.13 Å². The summed E-state index contributed by atoms with van der Waals surface area (Å²) in [6.07, 6.45) is -3.68. The lowest BCUT2D eigenvalue weighted by Crippen LogP contribution is -2.17. The van der Waals surface area contributed by atoms with Crippen molar-refractivity contribution in [1.29, 1.82) is 0 Å². The maximum atomic E-state index is 12.5. The van der Waals surface area contributed by atoms with E-state index in [1.165, 1.54) is 29.6 Å². The number of thiazole rings is 1. The van der Waals surface area contributed by atoms with Crippen molar-refractivity contribution in [3.05, 3.63) is 52.0 Å². The molecule has 3 rings (SSSR count). The van der Waals surface area contributed by atoms with Gasteiger partial charge in [0, 0.05) is 23.4 Å². The zero-order valence-electron chi connectivity index (χ0n) is 14.3. The standard InChI is InChI=1S/C17H13F3N4O2S2/c1-9(25)21-7-11-3-4-13(28-11)12-8-27-16(23-12)24-15(26)10-2-5-14(22-6-10)17(18,19)20/h2-6,8H,7H2,1H3,(H,21,25)(H,23,24,26). The number of carbonyl (C=O) groups excluding carboxylic acids is 2. The van der Waals surface area contributed by atoms with Crippen molar-refractivity contribution in [2.45, 2.75) is 19.6 Å². The summed E-state index contributed by atoms with van der Waals surface area (Å²) in [7, 11) is 0. The van der Waals surface area contributed by atoms with Gasteiger partial charge in [-0.15, -0.1) is 22.7 Å². The van der Waals surface area contributed by atoms with Gasteiger partial charge in [0.05, 0.1) is 22.7 Å². The smallest absolute Gasteiger partial charge is 0.351 e. The summed E-state index contributed by atoms with van der Waals surface area (Å²) in [5.74, 6) is -0.717. The molecule has 0 atom stereocenters. The van der Waals surface area contributed by atoms with Crippen LogP contribution in [0, 0.1) is 0 Å². The number of anilines is 1. The van der Waals surface area contributed by atoms with Crippen LogP contribution in [0.2, 0.25) is 0 Å². The van der Waals surface area contributed by atoms with Gasteiger partial charge in [0.1, 0.15) is 5.69 Å². The molecular weight excluding hydrogens is 413 g/mol. The van der Waals surface area contributed by atoms with Gasteiger partial charge in [-0.05, 0) is 24.3 Å². The Hall–Kier alpha value is -2.79. The van der Waals surface area contributed by atoms with Crippen molar-refractivity contribution in [1.82, 2.24) is 15.3 Å². The number of rotatable bonds is 5. The first-order valence-electron chi connectivity index (χ1n) is 7.86. The molecule has 2 amide bonds. The third-order valence-electron chi connectivity index (χ3n) is 3.47. The molecule has 2 N–H and O–H groups in total. The van der Waals surface area contributed by atoms with Crippen LogP contribution < -0.4 is 10.6 Å². The first kappa shape index (κ1) is 20.0. The molecule has 0 bridgehead atoms. The Morgan fingerprint density at radius 3 is 2.61 bits per heavy atom. The molecule has 0 fully saturated rings. The van der Waals surface area contributed by atoms with E-state index in [1.807, 2.05) is 12.1 Å². The predicted molar refractivity (Wildman–Crippen MR) is 100 cm³/mol. The van der Waals surface area contributed by atoms with Gasteiger partial charge in [-0.2, -0.15) is 13.2 Å². The Bertz CT molecular complexity index is 997. The first-order chi connectivity index (χ1) is 13.2. The zero-order valence-corrected chi connectivity index (χ0v) is 16.0. The number of amides is 2. The third-order valence-corrected chi connectivity index (χ3v) is 5.33. The maximum absolute atomic E-state index is 12.5. The minimum atomic E-state index is -4.56. The van der Waals surface area contributed by atoms with Crippen molar-refractivity contribution in [3.63, 3.8) is 0 Å². The number of hydrogen-bond donors (Lipinski definition) is 2. The van der Waals surface area contributed by atoms with E-state index in [2.05, 4.69) is 20.6 Å². The Balaban J connectivity index is 1.66. The summed E-state index contributed by atoms with van der Waals surface area (Å²) in [5, 5.41) is 7.33. The minimum Gasteiger partial charge on any atom is -0.351 e. The molecule has 0 spiro atoms. The van der Waals surface area contributed by atoms with Crippen LogP contribution in [-0.4, -0.2) is 21.8 Å². The summed E-state index contributed by atoms with van der Waals surface area (Å²) < 4.78 is 37.6. The molecule has 0 saturated carbocycles. The zero-order chi connectivity index (χ0) is 20.3. The third kappa shape index (κ3) is 4.93. The molecule has 0 aromatic carbocycles. The highest BCUT2D eigenvalue weighted by atomic mass is 32.1. The highest BCUT2D eigenvalue weighted by Gasteiger charge is 2.32. The van der Waals surface area contributed by atoms with E-state index >= 15 is 0 Å². The summed E-state index contributed by atoms with van der Waals surface area (Å²) >= 11 is 2.66. The fourth-order valence-corrected chi connectivity index (χ4v) is 3.82. The lowest BCUT2D eigenvalue weighted by Gasteiger charge is -2.06. The average Bonchev–Trinajstić information content (AvgIpc) is 3.28. The summed E-state index contributed by atoms with van der Waals surface area (Å²) in [4.78, 5) is 32.6. The van der Waals surface area contributed by atoms with Gasteiger partial charge in [0.2, 0.25) is 5.91 Å². The second-order valence-electron chi connectivity index (χ2n) is 5.60. The van der Waals surface area contributed by atoms with Gasteiger partial charge in [0.25, 0.3) is 5.91 Å². The Labute approximate surface area is 165 Å². The molecular formula is C17H13F3N4O2S2. The van der Waals surface area contributed by atoms with E-state index in [0.717, 1.165) is 28.1 Å². The molecule has 0 aliphatic heterocycles. The molecule has 3 heterocycles. The molecule has 0 saturated heterocycles. The molecule has 0 unspecified atom stereocenters. The molecule has 6 nitrogen and oxygen atoms in total. The number of carbonyl (C=O) groups is 2. The van der Waals surface area contributed by atoms with Gasteiger partial charge in [-0.3, -0.25) is 19.9 Å². The fourth-order valence-electron chi connectivity index (χ4n) is 2.13. The maximum Gasteiger partial charge on any atom is 0.433 e. The Morgan fingerprint density at radius 2 is 1.96 bits per heavy atom. The number of nitrogens with zero attached hydrogens (tertiary/aromatic N) is 2. The topological polar surface area (TPSA) is 84.0 Å². The lowest BCUT2D eigenvalue weighted by molar-refractivity contribution is -0.141. The van der Waals surface area contributed by atoms with Crippen LogP contribution in [0.3, 0.4) is 0 Å². The van der Waals surface area contributed by atoms with Crippen molar-refractivity contribution in [2.24, 2.45) is 0 Å². The van der Waals surface area contributed by atoms with Crippen LogP contribution in [0.1, 0.15) is 27.9 Å². The lowest BCUT2D eigenvalue weighted by atomic mass is 10.2. The van der Waals surface area contributed by atoms with Gasteiger partial charge >= 0.3 is 6.18 Å². The van der Waals surface area contributed by atoms with Crippen LogP contribution in [0.15, 0.2) is 35.8 Å². The first-order valence-corrected chi connectivity index (χ1v) is 9.55. The molecule has 146 valence electrons. The summed E-state index contributed by atoms with van der Waals surface area (Å²) in [6.45, 7) is 1.87. The van der Waals surface area contributed by atoms with Crippen LogP contribution >= 0.6 is 22.7 Å². The SMILES string of the molecule is CC(=O)NCc1ccc(-c2csc(NC(=O)c3ccc(C(F)(F)F)nc3)n2)s1. The van der Waals surface area contributed by atoms with Gasteiger partial charge in [-0.25, -0.2) is 4.98 Å². The van der Waals surface area contributed by atoms with Crippen LogP contribution in [-0.2, 0) is 17.5 Å². The van der Waals surface area contributed by atoms with E-state index in [-0.39, 0.29) is 11.5 Å². The second-order valence-corrected chi connectivity index (χ2v) is 7.62. The number of hydrogen-bond acceptors (Lipinski definition) is 6. The normalized spacial score (nSPS) is 11.3. The fraction of sp³-hybridized carbons (Fsp3) is 0.176. The highest BCUT2D eigenvalue weighted by molar-refractivity contribution is 7.17. The van der Waals surface area contributed by atoms with Crippen molar-refractivity contribution >= 4 is 39.6 Å². The number of alkyl halides is 3. The molecule has 3 aromatic heterocycles. The molecule has 0 aliphatic carbocycles. The largest absolute Gasteiger partial charge is 0.433 e. The van der Waals surface area contributed by atoms with Gasteiger partial charge < -0.3 is 5.32 Å². The molecule has 11 heteroatoms. The summed E-state index contributed by atoms with van der Waals surface area (Å²) in [5.41, 5.74) is -0.406. The van der Waals surface area contributed by atoms with Gasteiger partial charge in [-0.1, -0.05) is 0 Å². The van der Waals surface area contributed by atoms with Crippen LogP contribution in [0.5, 0.6) is 0 Å². The Kier molecular flexibility index (Phi) is 5.75. The molecule has 0 aliphatic rings. The summed E-state index contributed by atoms with van der Waals surface area (Å²) in [6, 6.07) is 5.56. The van der Waals surface area contributed by atoms with Crippen molar-refractivity contribution in [2.75, 3.05) is 5.32 Å². The van der Waals surface area contributed by atoms with E-state index in [9.17, 15) is 22.8 Å². The van der Waals surface area contributed by atoms with Crippen molar-refractivity contribution < 1.29 is 22.8 Å². The molecule has 3 aromatic rings. The Morgan fingerprint density at radius 1 is 1.18 bits per heavy atom. The number of nitrogens with one attached hydrogen (secondary N) is 2. The molecule has 28 heavy (non-hydrogen) atoms. The van der Waals surface area contributed by atoms with E-state index in [0.29, 0.717) is 17.4 Å². The number of pyridine rings is 1. The average molecular weight is 426 g/mol. The highest BCUT2D eigenvalue weighted by Crippen LogP contribution is 2.31. The number of aromatic nitrogens is 2. The van der Waals surface area contributed by atoms with E-state index < -0.39 is 17.8 Å².